The first-order chi connectivity index (χ1) is 14.4. The van der Waals surface area contributed by atoms with Gasteiger partial charge in [0, 0.05) is 44.0 Å². The number of cyclic esters (lactones) is 1. The van der Waals surface area contributed by atoms with Crippen molar-refractivity contribution in [2.24, 2.45) is 22.4 Å². The topological polar surface area (TPSA) is 148 Å². The number of halogens is 1. The number of anilines is 1. The number of benzene rings is 1. The average molecular weight is 416 g/mol. The van der Waals surface area contributed by atoms with Gasteiger partial charge in [0.25, 0.3) is 0 Å². The fraction of sp³-hybridized carbons (Fsp3) is 0.316. The van der Waals surface area contributed by atoms with Gasteiger partial charge < -0.3 is 21.5 Å². The molecule has 0 spiro atoms. The lowest BCUT2D eigenvalue weighted by Crippen LogP contribution is -2.33. The number of amidine groups is 1. The molecule has 30 heavy (non-hydrogen) atoms. The second-order valence-corrected chi connectivity index (χ2v) is 6.76. The highest BCUT2D eigenvalue weighted by Crippen LogP contribution is 2.28. The van der Waals surface area contributed by atoms with Gasteiger partial charge in [-0.3, -0.25) is 9.88 Å². The summed E-state index contributed by atoms with van der Waals surface area (Å²) in [5.41, 5.74) is 13.0. The van der Waals surface area contributed by atoms with Crippen molar-refractivity contribution in [2.75, 3.05) is 38.1 Å². The van der Waals surface area contributed by atoms with E-state index in [-0.39, 0.29) is 11.9 Å². The summed E-state index contributed by atoms with van der Waals surface area (Å²) < 4.78 is 20.1. The Bertz CT molecular complexity index is 919. The molecule has 160 valence electrons. The number of amides is 1. The van der Waals surface area contributed by atoms with E-state index in [9.17, 15) is 9.18 Å². The van der Waals surface area contributed by atoms with Gasteiger partial charge in [0.05, 0.1) is 12.2 Å². The molecule has 0 radical (unpaired) electrons. The molecule has 0 aliphatic carbocycles. The summed E-state index contributed by atoms with van der Waals surface area (Å²) in [6.07, 6.45) is 0.672. The van der Waals surface area contributed by atoms with Gasteiger partial charge in [0.2, 0.25) is 0 Å². The van der Waals surface area contributed by atoms with E-state index in [2.05, 4.69) is 15.4 Å². The van der Waals surface area contributed by atoms with Crippen LogP contribution < -0.4 is 27.5 Å². The van der Waals surface area contributed by atoms with Crippen LogP contribution in [0.4, 0.5) is 14.9 Å². The number of hydrogen-bond donors (Lipinski definition) is 4. The molecule has 11 heteroatoms. The Morgan fingerprint density at radius 2 is 2.23 bits per heavy atom. The SMILES string of the molecule is CN(N)/N=C(\N)c1ccc(-c2ccc(N3CC(CNCCN)OC3=O)cc2F)cn1. The third kappa shape index (κ3) is 5.00. The third-order valence-electron chi connectivity index (χ3n) is 4.43. The molecule has 1 aromatic carbocycles. The zero-order chi connectivity index (χ0) is 21.7. The van der Waals surface area contributed by atoms with E-state index in [1.807, 2.05) is 0 Å². The van der Waals surface area contributed by atoms with Crippen LogP contribution in [0.2, 0.25) is 0 Å². The monoisotopic (exact) mass is 416 g/mol. The highest BCUT2D eigenvalue weighted by atomic mass is 19.1. The van der Waals surface area contributed by atoms with Crippen molar-refractivity contribution in [3.05, 3.63) is 48.0 Å². The lowest BCUT2D eigenvalue weighted by molar-refractivity contribution is 0.140. The summed E-state index contributed by atoms with van der Waals surface area (Å²) in [5.74, 6) is 5.09. The standard InChI is InChI=1S/C19H25FN8O2/c1-27(23)26-18(22)17-5-2-12(9-25-17)15-4-3-13(8-16(15)20)28-11-14(30-19(28)29)10-24-7-6-21/h2-5,8-9,14,24H,6-7,10-11,21,23H2,1H3,(H2,22,26). The first-order valence-electron chi connectivity index (χ1n) is 9.37. The molecular formula is C19H25FN8O2. The van der Waals surface area contributed by atoms with Crippen molar-refractivity contribution in [3.8, 4) is 11.1 Å². The van der Waals surface area contributed by atoms with Crippen LogP contribution >= 0.6 is 0 Å². The van der Waals surface area contributed by atoms with Gasteiger partial charge in [0.1, 0.15) is 17.6 Å². The quantitative estimate of drug-likeness (QED) is 0.157. The Hall–Kier alpha value is -3.28. The molecule has 1 amide bonds. The molecule has 1 fully saturated rings. The second-order valence-electron chi connectivity index (χ2n) is 6.76. The smallest absolute Gasteiger partial charge is 0.414 e. The summed E-state index contributed by atoms with van der Waals surface area (Å²) >= 11 is 0. The maximum atomic E-state index is 14.8. The molecule has 1 unspecified atom stereocenters. The van der Waals surface area contributed by atoms with Crippen LogP contribution in [-0.4, -0.2) is 61.4 Å². The highest BCUT2D eigenvalue weighted by molar-refractivity contribution is 5.95. The molecule has 1 aromatic heterocycles. The predicted molar refractivity (Wildman–Crippen MR) is 112 cm³/mol. The Balaban J connectivity index is 1.73. The van der Waals surface area contributed by atoms with Gasteiger partial charge in [-0.25, -0.2) is 20.1 Å². The first kappa shape index (κ1) is 21.4. The highest BCUT2D eigenvalue weighted by Gasteiger charge is 2.32. The van der Waals surface area contributed by atoms with Crippen LogP contribution in [0.15, 0.2) is 41.6 Å². The molecule has 2 heterocycles. The molecule has 1 aliphatic heterocycles. The fourth-order valence-corrected chi connectivity index (χ4v) is 3.04. The molecule has 7 N–H and O–H groups in total. The number of ether oxygens (including phenoxy) is 1. The average Bonchev–Trinajstić information content (AvgIpc) is 3.08. The molecule has 1 aliphatic rings. The van der Waals surface area contributed by atoms with Gasteiger partial charge in [-0.15, -0.1) is 5.10 Å². The lowest BCUT2D eigenvalue weighted by Gasteiger charge is -2.14. The van der Waals surface area contributed by atoms with E-state index in [4.69, 9.17) is 22.0 Å². The minimum absolute atomic E-state index is 0.144. The van der Waals surface area contributed by atoms with Crippen LogP contribution in [0.5, 0.6) is 0 Å². The van der Waals surface area contributed by atoms with Crippen molar-refractivity contribution in [2.45, 2.75) is 6.10 Å². The zero-order valence-electron chi connectivity index (χ0n) is 16.6. The molecule has 0 bridgehead atoms. The summed E-state index contributed by atoms with van der Waals surface area (Å²) in [5, 5.41) is 8.04. The van der Waals surface area contributed by atoms with E-state index >= 15 is 0 Å². The number of hydrazone groups is 1. The van der Waals surface area contributed by atoms with Gasteiger partial charge in [-0.2, -0.15) is 0 Å². The Kier molecular flexibility index (Phi) is 6.77. The van der Waals surface area contributed by atoms with E-state index in [0.29, 0.717) is 48.7 Å². The van der Waals surface area contributed by atoms with Crippen molar-refractivity contribution < 1.29 is 13.9 Å². The number of hydrogen-bond acceptors (Lipinski definition) is 8. The Morgan fingerprint density at radius 3 is 2.87 bits per heavy atom. The van der Waals surface area contributed by atoms with Crippen molar-refractivity contribution in [3.63, 3.8) is 0 Å². The number of carbonyl (C=O) groups is 1. The molecular weight excluding hydrogens is 391 g/mol. The largest absolute Gasteiger partial charge is 0.443 e. The van der Waals surface area contributed by atoms with Crippen molar-refractivity contribution in [1.82, 2.24) is 15.4 Å². The molecule has 2 aromatic rings. The number of rotatable bonds is 8. The number of nitrogens with one attached hydrogen (secondary N) is 1. The zero-order valence-corrected chi connectivity index (χ0v) is 16.6. The Labute approximate surface area is 173 Å². The fourth-order valence-electron chi connectivity index (χ4n) is 3.04. The summed E-state index contributed by atoms with van der Waals surface area (Å²) in [4.78, 5) is 17.8. The maximum absolute atomic E-state index is 14.8. The number of hydrazine groups is 1. The number of nitrogens with two attached hydrogens (primary N) is 3. The summed E-state index contributed by atoms with van der Waals surface area (Å²) in [6, 6.07) is 7.88. The maximum Gasteiger partial charge on any atom is 0.414 e. The van der Waals surface area contributed by atoms with E-state index in [1.165, 1.54) is 24.2 Å². The Morgan fingerprint density at radius 1 is 1.43 bits per heavy atom. The van der Waals surface area contributed by atoms with Crippen LogP contribution in [0.25, 0.3) is 11.1 Å². The summed E-state index contributed by atoms with van der Waals surface area (Å²) in [7, 11) is 1.53. The van der Waals surface area contributed by atoms with Gasteiger partial charge >= 0.3 is 6.09 Å². The van der Waals surface area contributed by atoms with Crippen molar-refractivity contribution >= 4 is 17.6 Å². The number of aromatic nitrogens is 1. The van der Waals surface area contributed by atoms with Crippen LogP contribution in [0, 0.1) is 5.82 Å². The summed E-state index contributed by atoms with van der Waals surface area (Å²) in [6.45, 7) is 1.95. The van der Waals surface area contributed by atoms with E-state index in [1.54, 1.807) is 24.3 Å². The minimum atomic E-state index is -0.507. The van der Waals surface area contributed by atoms with Crippen LogP contribution in [0.3, 0.4) is 0 Å². The van der Waals surface area contributed by atoms with Gasteiger partial charge in [-0.1, -0.05) is 6.07 Å². The number of nitrogens with zero attached hydrogens (tertiary/aromatic N) is 4. The molecule has 3 rings (SSSR count). The van der Waals surface area contributed by atoms with Crippen molar-refractivity contribution in [1.29, 1.82) is 0 Å². The second kappa shape index (κ2) is 9.48. The van der Waals surface area contributed by atoms with Crippen LogP contribution in [-0.2, 0) is 4.74 Å². The van der Waals surface area contributed by atoms with Gasteiger partial charge in [-0.05, 0) is 24.3 Å². The third-order valence-corrected chi connectivity index (χ3v) is 4.43. The van der Waals surface area contributed by atoms with Crippen LogP contribution in [0.1, 0.15) is 5.69 Å². The van der Waals surface area contributed by atoms with Gasteiger partial charge in [0.15, 0.2) is 5.84 Å². The number of pyridine rings is 1. The predicted octanol–water partition coefficient (Wildman–Crippen LogP) is 0.187. The normalized spacial score (nSPS) is 16.7. The van der Waals surface area contributed by atoms with E-state index in [0.717, 1.165) is 5.12 Å². The van der Waals surface area contributed by atoms with E-state index < -0.39 is 11.9 Å². The molecule has 10 nitrogen and oxygen atoms in total. The minimum Gasteiger partial charge on any atom is -0.443 e. The number of carbonyl (C=O) groups excluding carboxylic acids is 1. The molecule has 1 atom stereocenters. The molecule has 0 saturated carbocycles. The lowest BCUT2D eigenvalue weighted by atomic mass is 10.1. The first-order valence-corrected chi connectivity index (χ1v) is 9.37. The molecule has 1 saturated heterocycles.